The van der Waals surface area contributed by atoms with E-state index in [-0.39, 0.29) is 22.9 Å². The first kappa shape index (κ1) is 15.7. The first-order valence-electron chi connectivity index (χ1n) is 6.57. The van der Waals surface area contributed by atoms with E-state index >= 15 is 0 Å². The van der Waals surface area contributed by atoms with Gasteiger partial charge in [0.15, 0.2) is 0 Å². The molecule has 0 spiro atoms. The highest BCUT2D eigenvalue weighted by molar-refractivity contribution is 6.34. The molecule has 2 rings (SSSR count). The predicted octanol–water partition coefficient (Wildman–Crippen LogP) is 2.12. The molecule has 0 radical (unpaired) electrons. The van der Waals surface area contributed by atoms with E-state index in [1.165, 1.54) is 12.1 Å². The molecule has 21 heavy (non-hydrogen) atoms. The van der Waals surface area contributed by atoms with Crippen LogP contribution < -0.4 is 5.32 Å². The highest BCUT2D eigenvalue weighted by Gasteiger charge is 2.30. The fourth-order valence-electron chi connectivity index (χ4n) is 1.98. The van der Waals surface area contributed by atoms with E-state index in [2.05, 4.69) is 10.5 Å². The third kappa shape index (κ3) is 3.92. The summed E-state index contributed by atoms with van der Waals surface area (Å²) in [6, 6.07) is 4.38. The van der Waals surface area contributed by atoms with Crippen LogP contribution in [0.4, 0.5) is 4.39 Å². The van der Waals surface area contributed by atoms with Crippen LogP contribution in [0.25, 0.3) is 0 Å². The third-order valence-electron chi connectivity index (χ3n) is 3.04. The van der Waals surface area contributed by atoms with E-state index in [0.29, 0.717) is 25.3 Å². The van der Waals surface area contributed by atoms with Crippen LogP contribution in [0, 0.1) is 5.82 Å². The average Bonchev–Trinajstić information content (AvgIpc) is 2.93. The number of benzene rings is 1. The van der Waals surface area contributed by atoms with Crippen LogP contribution >= 0.6 is 11.6 Å². The van der Waals surface area contributed by atoms with Crippen LogP contribution in [0.5, 0.6) is 0 Å². The van der Waals surface area contributed by atoms with Gasteiger partial charge in [0, 0.05) is 26.7 Å². The van der Waals surface area contributed by atoms with Crippen LogP contribution in [0.15, 0.2) is 23.4 Å². The molecule has 0 saturated carbocycles. The monoisotopic (exact) mass is 314 g/mol. The number of nitrogens with zero attached hydrogens (tertiary/aromatic N) is 1. The fraction of sp³-hybridized carbons (Fsp3) is 0.429. The summed E-state index contributed by atoms with van der Waals surface area (Å²) >= 11 is 5.96. The van der Waals surface area contributed by atoms with Gasteiger partial charge in [0.25, 0.3) is 5.91 Å². The topological polar surface area (TPSA) is 59.9 Å². The summed E-state index contributed by atoms with van der Waals surface area (Å²) in [6.45, 7) is 1.06. The van der Waals surface area contributed by atoms with Gasteiger partial charge in [-0.15, -0.1) is 0 Å². The summed E-state index contributed by atoms with van der Waals surface area (Å²) in [4.78, 5) is 16.9. The predicted molar refractivity (Wildman–Crippen MR) is 76.9 cm³/mol. The molecule has 1 unspecified atom stereocenters. The van der Waals surface area contributed by atoms with Gasteiger partial charge in [0.2, 0.25) is 6.10 Å². The number of oxime groups is 1. The van der Waals surface area contributed by atoms with Gasteiger partial charge < -0.3 is 14.9 Å². The molecular weight excluding hydrogens is 299 g/mol. The number of carbonyl (C=O) groups excluding carboxylic acids is 1. The van der Waals surface area contributed by atoms with Crippen molar-refractivity contribution in [3.05, 3.63) is 34.6 Å². The maximum Gasteiger partial charge on any atom is 0.264 e. The van der Waals surface area contributed by atoms with Crippen molar-refractivity contribution in [3.8, 4) is 0 Å². The maximum atomic E-state index is 13.8. The van der Waals surface area contributed by atoms with Gasteiger partial charge in [-0.25, -0.2) is 4.39 Å². The molecule has 1 aromatic rings. The highest BCUT2D eigenvalue weighted by Crippen LogP contribution is 2.25. The minimum absolute atomic E-state index is 0.189. The zero-order valence-electron chi connectivity index (χ0n) is 11.6. The number of amides is 1. The van der Waals surface area contributed by atoms with Gasteiger partial charge in [-0.2, -0.15) is 0 Å². The van der Waals surface area contributed by atoms with E-state index in [4.69, 9.17) is 21.2 Å². The molecular formula is C14H16ClFN2O3. The summed E-state index contributed by atoms with van der Waals surface area (Å²) < 4.78 is 18.7. The molecule has 7 heteroatoms. The molecule has 1 amide bonds. The zero-order chi connectivity index (χ0) is 15.2. The first-order valence-corrected chi connectivity index (χ1v) is 6.95. The Bertz CT molecular complexity index is 531. The summed E-state index contributed by atoms with van der Waals surface area (Å²) in [7, 11) is 1.60. The lowest BCUT2D eigenvalue weighted by atomic mass is 10.0. The van der Waals surface area contributed by atoms with Crippen LogP contribution in [0.3, 0.4) is 0 Å². The standard InChI is InChI=1S/C14H16ClFN2O3/c1-20-7-3-6-17-14(19)12-8-11(18-21-12)13-9(15)4-2-5-10(13)16/h2,4-5,12H,3,6-8H2,1H3,(H,17,19). The minimum atomic E-state index is -0.752. The van der Waals surface area contributed by atoms with Crippen LogP contribution in [-0.2, 0) is 14.4 Å². The summed E-state index contributed by atoms with van der Waals surface area (Å²) in [5.74, 6) is -0.761. The molecule has 1 aliphatic heterocycles. The molecule has 114 valence electrons. The number of hydrogen-bond acceptors (Lipinski definition) is 4. The number of halogens is 2. The van der Waals surface area contributed by atoms with Gasteiger partial charge in [0.1, 0.15) is 5.82 Å². The summed E-state index contributed by atoms with van der Waals surface area (Å²) in [5.41, 5.74) is 0.531. The lowest BCUT2D eigenvalue weighted by Crippen LogP contribution is -2.35. The first-order chi connectivity index (χ1) is 10.1. The lowest BCUT2D eigenvalue weighted by Gasteiger charge is -2.09. The van der Waals surface area contributed by atoms with Crippen LogP contribution in [-0.4, -0.2) is 38.0 Å². The summed E-state index contributed by atoms with van der Waals surface area (Å²) in [6.07, 6.45) is 0.150. The molecule has 5 nitrogen and oxygen atoms in total. The van der Waals surface area contributed by atoms with Crippen LogP contribution in [0.2, 0.25) is 5.02 Å². The van der Waals surface area contributed by atoms with E-state index < -0.39 is 11.9 Å². The van der Waals surface area contributed by atoms with Gasteiger partial charge >= 0.3 is 0 Å². The fourth-order valence-corrected chi connectivity index (χ4v) is 2.25. The SMILES string of the molecule is COCCCNC(=O)C1CC(c2c(F)cccc2Cl)=NO1. The molecule has 0 saturated heterocycles. The molecule has 0 aromatic heterocycles. The van der Waals surface area contributed by atoms with E-state index in [1.807, 2.05) is 0 Å². The van der Waals surface area contributed by atoms with Crippen molar-refractivity contribution in [2.45, 2.75) is 18.9 Å². The second kappa shape index (κ2) is 7.38. The zero-order valence-corrected chi connectivity index (χ0v) is 12.3. The Kier molecular flexibility index (Phi) is 5.52. The van der Waals surface area contributed by atoms with Crippen molar-refractivity contribution < 1.29 is 18.8 Å². The van der Waals surface area contributed by atoms with Crippen molar-refractivity contribution in [1.29, 1.82) is 0 Å². The summed E-state index contributed by atoms with van der Waals surface area (Å²) in [5, 5.41) is 6.75. The van der Waals surface area contributed by atoms with Gasteiger partial charge in [-0.1, -0.05) is 22.8 Å². The second-order valence-electron chi connectivity index (χ2n) is 4.57. The molecule has 1 N–H and O–H groups in total. The van der Waals surface area contributed by atoms with Crippen molar-refractivity contribution in [2.24, 2.45) is 5.16 Å². The van der Waals surface area contributed by atoms with E-state index in [1.54, 1.807) is 13.2 Å². The van der Waals surface area contributed by atoms with Gasteiger partial charge in [0.05, 0.1) is 16.3 Å². The molecule has 1 aliphatic rings. The number of ether oxygens (including phenoxy) is 1. The number of methoxy groups -OCH3 is 1. The third-order valence-corrected chi connectivity index (χ3v) is 3.35. The van der Waals surface area contributed by atoms with E-state index in [9.17, 15) is 9.18 Å². The van der Waals surface area contributed by atoms with Gasteiger partial charge in [-0.05, 0) is 18.6 Å². The number of hydrogen-bond donors (Lipinski definition) is 1. The van der Waals surface area contributed by atoms with Crippen molar-refractivity contribution in [1.82, 2.24) is 5.32 Å². The molecule has 0 aliphatic carbocycles. The number of rotatable bonds is 6. The lowest BCUT2D eigenvalue weighted by molar-refractivity contribution is -0.131. The smallest absolute Gasteiger partial charge is 0.264 e. The molecule has 1 heterocycles. The second-order valence-corrected chi connectivity index (χ2v) is 4.98. The Morgan fingerprint density at radius 3 is 3.14 bits per heavy atom. The van der Waals surface area contributed by atoms with Gasteiger partial charge in [-0.3, -0.25) is 4.79 Å². The van der Waals surface area contributed by atoms with Crippen molar-refractivity contribution in [2.75, 3.05) is 20.3 Å². The van der Waals surface area contributed by atoms with Crippen molar-refractivity contribution >= 4 is 23.2 Å². The number of nitrogens with one attached hydrogen (secondary N) is 1. The Morgan fingerprint density at radius 1 is 1.62 bits per heavy atom. The highest BCUT2D eigenvalue weighted by atomic mass is 35.5. The Morgan fingerprint density at radius 2 is 2.43 bits per heavy atom. The normalized spacial score (nSPS) is 17.3. The molecule has 1 atom stereocenters. The number of carbonyl (C=O) groups is 1. The Balaban J connectivity index is 1.92. The minimum Gasteiger partial charge on any atom is -0.385 e. The molecule has 0 fully saturated rings. The van der Waals surface area contributed by atoms with Crippen LogP contribution in [0.1, 0.15) is 18.4 Å². The Hall–Kier alpha value is -1.66. The Labute approximate surface area is 127 Å². The van der Waals surface area contributed by atoms with Crippen molar-refractivity contribution in [3.63, 3.8) is 0 Å². The molecule has 0 bridgehead atoms. The average molecular weight is 315 g/mol. The van der Waals surface area contributed by atoms with E-state index in [0.717, 1.165) is 0 Å². The largest absolute Gasteiger partial charge is 0.385 e. The quantitative estimate of drug-likeness (QED) is 0.818. The maximum absolute atomic E-state index is 13.8. The molecule has 1 aromatic carbocycles.